The number of carbonyl (C=O) groups excluding carboxylic acids is 2. The van der Waals surface area contributed by atoms with Gasteiger partial charge in [-0.15, -0.1) is 11.8 Å². The average molecular weight is 429 g/mol. The van der Waals surface area contributed by atoms with Gasteiger partial charge in [0.05, 0.1) is 12.1 Å². The van der Waals surface area contributed by atoms with Crippen LogP contribution in [0.1, 0.15) is 84.5 Å². The van der Waals surface area contributed by atoms with Crippen molar-refractivity contribution in [2.24, 2.45) is 5.92 Å². The number of hydrogen-bond donors (Lipinski definition) is 2. The lowest BCUT2D eigenvalue weighted by atomic mass is 10.0. The predicted molar refractivity (Wildman–Crippen MR) is 118 cm³/mol. The van der Waals surface area contributed by atoms with E-state index >= 15 is 0 Å². The van der Waals surface area contributed by atoms with Gasteiger partial charge in [0.1, 0.15) is 12.0 Å². The Bertz CT molecular complexity index is 505. The van der Waals surface area contributed by atoms with Crippen molar-refractivity contribution >= 4 is 23.8 Å². The predicted octanol–water partition coefficient (Wildman–Crippen LogP) is 4.30. The molecule has 29 heavy (non-hydrogen) atoms. The summed E-state index contributed by atoms with van der Waals surface area (Å²) in [6.07, 6.45) is 12.4. The largest absolute Gasteiger partial charge is 0.447 e. The Balaban J connectivity index is 1.46. The zero-order valence-electron chi connectivity index (χ0n) is 18.2. The quantitative estimate of drug-likeness (QED) is 0.380. The van der Waals surface area contributed by atoms with Gasteiger partial charge in [0.2, 0.25) is 5.91 Å². The highest BCUT2D eigenvalue weighted by molar-refractivity contribution is 7.99. The van der Waals surface area contributed by atoms with Gasteiger partial charge in [-0.05, 0) is 6.42 Å². The molecule has 2 amide bonds. The number of nitrogens with one attached hydrogen (secondary N) is 1. The van der Waals surface area contributed by atoms with Gasteiger partial charge in [0, 0.05) is 24.6 Å². The summed E-state index contributed by atoms with van der Waals surface area (Å²) in [5.74, 6) is 0.646. The maximum Gasteiger partial charge on any atom is 0.411 e. The molecule has 0 spiro atoms. The number of aliphatic hydroxyl groups is 1. The minimum Gasteiger partial charge on any atom is -0.447 e. The molecule has 0 aromatic heterocycles. The van der Waals surface area contributed by atoms with Gasteiger partial charge >= 0.3 is 6.09 Å². The van der Waals surface area contributed by atoms with Gasteiger partial charge in [-0.1, -0.05) is 71.6 Å². The number of carbonyl (C=O) groups is 2. The van der Waals surface area contributed by atoms with Crippen molar-refractivity contribution in [2.45, 2.75) is 102 Å². The standard InChI is InChI=1S/C22H40N2O4S/c1-3-4-5-6-7-8-9-10-11-12-14-23-19(25)13-15-29-21-20(26)17(2)18-16-28-22(27)24(18)21/h17-18,20-21,26H,3-16H2,1-2H3,(H,23,25). The molecule has 2 heterocycles. The second-order valence-electron chi connectivity index (χ2n) is 8.44. The number of hydrogen-bond acceptors (Lipinski definition) is 5. The number of ether oxygens (including phenoxy) is 1. The van der Waals surface area contributed by atoms with E-state index in [-0.39, 0.29) is 29.3 Å². The summed E-state index contributed by atoms with van der Waals surface area (Å²) < 4.78 is 5.10. The third-order valence-electron chi connectivity index (χ3n) is 6.13. The van der Waals surface area contributed by atoms with Crippen LogP contribution in [-0.4, -0.2) is 58.4 Å². The van der Waals surface area contributed by atoms with Gasteiger partial charge < -0.3 is 15.2 Å². The molecule has 4 atom stereocenters. The molecule has 4 unspecified atom stereocenters. The zero-order chi connectivity index (χ0) is 21.1. The zero-order valence-corrected chi connectivity index (χ0v) is 19.1. The molecule has 168 valence electrons. The van der Waals surface area contributed by atoms with Gasteiger partial charge in [-0.25, -0.2) is 4.79 Å². The van der Waals surface area contributed by atoms with Crippen LogP contribution in [0.25, 0.3) is 0 Å². The fraction of sp³-hybridized carbons (Fsp3) is 0.909. The molecular weight excluding hydrogens is 388 g/mol. The van der Waals surface area contributed by atoms with E-state index in [2.05, 4.69) is 12.2 Å². The molecule has 2 aliphatic rings. The van der Waals surface area contributed by atoms with Crippen LogP contribution in [0.3, 0.4) is 0 Å². The molecule has 2 N–H and O–H groups in total. The maximum absolute atomic E-state index is 12.0. The summed E-state index contributed by atoms with van der Waals surface area (Å²) >= 11 is 1.48. The lowest BCUT2D eigenvalue weighted by Crippen LogP contribution is -2.36. The number of fused-ring (bicyclic) bond motifs is 1. The summed E-state index contributed by atoms with van der Waals surface area (Å²) in [6.45, 7) is 5.29. The molecule has 0 aromatic rings. The summed E-state index contributed by atoms with van der Waals surface area (Å²) in [7, 11) is 0. The molecule has 0 aliphatic carbocycles. The highest BCUT2D eigenvalue weighted by Gasteiger charge is 2.52. The maximum atomic E-state index is 12.0. The molecule has 2 aliphatic heterocycles. The molecular formula is C22H40N2O4S. The number of thioether (sulfide) groups is 1. The van der Waals surface area contributed by atoms with Crippen molar-refractivity contribution in [3.05, 3.63) is 0 Å². The monoisotopic (exact) mass is 428 g/mol. The van der Waals surface area contributed by atoms with Crippen LogP contribution in [-0.2, 0) is 9.53 Å². The van der Waals surface area contributed by atoms with Crippen molar-refractivity contribution in [3.8, 4) is 0 Å². The van der Waals surface area contributed by atoms with Crippen molar-refractivity contribution in [2.75, 3.05) is 18.9 Å². The van der Waals surface area contributed by atoms with E-state index in [4.69, 9.17) is 4.74 Å². The van der Waals surface area contributed by atoms with Gasteiger partial charge in [-0.2, -0.15) is 0 Å². The van der Waals surface area contributed by atoms with Crippen molar-refractivity contribution in [3.63, 3.8) is 0 Å². The second kappa shape index (κ2) is 13.4. The van der Waals surface area contributed by atoms with Crippen molar-refractivity contribution < 1.29 is 19.4 Å². The highest BCUT2D eigenvalue weighted by Crippen LogP contribution is 2.39. The Labute approximate surface area is 180 Å². The van der Waals surface area contributed by atoms with Crippen LogP contribution in [0.2, 0.25) is 0 Å². The highest BCUT2D eigenvalue weighted by atomic mass is 32.2. The number of rotatable bonds is 15. The number of aliphatic hydroxyl groups excluding tert-OH is 1. The Morgan fingerprint density at radius 1 is 1.14 bits per heavy atom. The SMILES string of the molecule is CCCCCCCCCCCCNC(=O)CCSC1C(O)C(C)C2COC(=O)N21. The topological polar surface area (TPSA) is 78.9 Å². The van der Waals surface area contributed by atoms with E-state index in [9.17, 15) is 14.7 Å². The molecule has 2 saturated heterocycles. The minimum absolute atomic E-state index is 0.00381. The Kier molecular flexibility index (Phi) is 11.2. The van der Waals surface area contributed by atoms with Gasteiger partial charge in [-0.3, -0.25) is 9.69 Å². The van der Waals surface area contributed by atoms with Crippen LogP contribution in [0.15, 0.2) is 0 Å². The first-order valence-corrected chi connectivity index (χ1v) is 12.6. The van der Waals surface area contributed by atoms with E-state index in [1.165, 1.54) is 69.5 Å². The third-order valence-corrected chi connectivity index (χ3v) is 7.42. The molecule has 0 bridgehead atoms. The smallest absolute Gasteiger partial charge is 0.411 e. The number of unbranched alkanes of at least 4 members (excludes halogenated alkanes) is 9. The van der Waals surface area contributed by atoms with Crippen LogP contribution in [0.4, 0.5) is 4.79 Å². The first-order chi connectivity index (χ1) is 14.1. The molecule has 7 heteroatoms. The Morgan fingerprint density at radius 2 is 1.76 bits per heavy atom. The van der Waals surface area contributed by atoms with Crippen LogP contribution in [0, 0.1) is 5.92 Å². The van der Waals surface area contributed by atoms with Crippen molar-refractivity contribution in [1.29, 1.82) is 0 Å². The molecule has 2 fully saturated rings. The summed E-state index contributed by atoms with van der Waals surface area (Å²) in [5, 5.41) is 13.1. The molecule has 2 rings (SSSR count). The van der Waals surface area contributed by atoms with E-state index in [0.29, 0.717) is 18.8 Å². The van der Waals surface area contributed by atoms with Crippen LogP contribution < -0.4 is 5.32 Å². The van der Waals surface area contributed by atoms with E-state index < -0.39 is 6.10 Å². The normalized spacial score (nSPS) is 25.9. The van der Waals surface area contributed by atoms with Gasteiger partial charge in [0.15, 0.2) is 0 Å². The Hall–Kier alpha value is -0.950. The fourth-order valence-corrected chi connectivity index (χ4v) is 5.57. The fourth-order valence-electron chi connectivity index (χ4n) is 4.18. The molecule has 0 saturated carbocycles. The summed E-state index contributed by atoms with van der Waals surface area (Å²) in [5.41, 5.74) is 0. The summed E-state index contributed by atoms with van der Waals surface area (Å²) in [6, 6.07) is -0.0415. The lowest BCUT2D eigenvalue weighted by molar-refractivity contribution is -0.120. The second-order valence-corrected chi connectivity index (χ2v) is 9.67. The first kappa shape index (κ1) is 24.3. The average Bonchev–Trinajstić information content (AvgIpc) is 3.19. The molecule has 6 nitrogen and oxygen atoms in total. The number of nitrogens with zero attached hydrogens (tertiary/aromatic N) is 1. The van der Waals surface area contributed by atoms with E-state index in [0.717, 1.165) is 13.0 Å². The third kappa shape index (κ3) is 7.67. The molecule has 0 aromatic carbocycles. The first-order valence-electron chi connectivity index (χ1n) is 11.6. The number of cyclic esters (lactones) is 1. The number of amides is 2. The van der Waals surface area contributed by atoms with E-state index in [1.807, 2.05) is 6.92 Å². The minimum atomic E-state index is -0.562. The Morgan fingerprint density at radius 3 is 2.41 bits per heavy atom. The summed E-state index contributed by atoms with van der Waals surface area (Å²) in [4.78, 5) is 25.6. The van der Waals surface area contributed by atoms with Crippen LogP contribution in [0.5, 0.6) is 0 Å². The molecule has 0 radical (unpaired) electrons. The van der Waals surface area contributed by atoms with Crippen molar-refractivity contribution in [1.82, 2.24) is 10.2 Å². The van der Waals surface area contributed by atoms with E-state index in [1.54, 1.807) is 4.90 Å². The van der Waals surface area contributed by atoms with Gasteiger partial charge in [0.25, 0.3) is 0 Å². The van der Waals surface area contributed by atoms with Crippen LogP contribution >= 0.6 is 11.8 Å². The lowest BCUT2D eigenvalue weighted by Gasteiger charge is -2.22.